The second-order valence-electron chi connectivity index (χ2n) is 5.29. The van der Waals surface area contributed by atoms with Crippen molar-refractivity contribution in [2.24, 2.45) is 11.8 Å². The summed E-state index contributed by atoms with van der Waals surface area (Å²) in [6.07, 6.45) is 7.80. The van der Waals surface area contributed by atoms with E-state index in [0.29, 0.717) is 17.5 Å². The minimum absolute atomic E-state index is 0.220. The fourth-order valence-electron chi connectivity index (χ4n) is 2.78. The molecule has 0 aliphatic heterocycles. The molecule has 1 fully saturated rings. The summed E-state index contributed by atoms with van der Waals surface area (Å²) in [6, 6.07) is 7.72. The lowest BCUT2D eigenvalue weighted by atomic mass is 9.93. The molecule has 3 N–H and O–H groups in total. The van der Waals surface area contributed by atoms with Crippen LogP contribution in [0.25, 0.3) is 0 Å². The third-order valence-electron chi connectivity index (χ3n) is 3.91. The normalized spacial score (nSPS) is 18.8. The first-order valence-corrected chi connectivity index (χ1v) is 7.52. The second-order valence-corrected chi connectivity index (χ2v) is 5.73. The Balaban J connectivity index is 1.87. The Hall–Kier alpha value is -0.770. The molecule has 1 aromatic rings. The van der Waals surface area contributed by atoms with Crippen molar-refractivity contribution < 1.29 is 4.74 Å². The number of hydrogen-bond donors (Lipinski definition) is 2. The molecule has 1 unspecified atom stereocenters. The van der Waals surface area contributed by atoms with Crippen molar-refractivity contribution in [2.45, 2.75) is 44.6 Å². The van der Waals surface area contributed by atoms with Crippen LogP contribution in [0.2, 0.25) is 5.02 Å². The molecule has 19 heavy (non-hydrogen) atoms. The first-order valence-electron chi connectivity index (χ1n) is 7.14. The highest BCUT2D eigenvalue weighted by Gasteiger charge is 2.22. The van der Waals surface area contributed by atoms with Crippen LogP contribution in [0.1, 0.15) is 38.5 Å². The molecule has 0 aromatic heterocycles. The summed E-state index contributed by atoms with van der Waals surface area (Å²) in [5.74, 6) is 7.12. The van der Waals surface area contributed by atoms with Gasteiger partial charge in [0.05, 0.1) is 6.04 Å². The molecule has 1 saturated carbocycles. The van der Waals surface area contributed by atoms with Crippen molar-refractivity contribution in [1.29, 1.82) is 0 Å². The van der Waals surface area contributed by atoms with Gasteiger partial charge in [0.2, 0.25) is 0 Å². The molecule has 106 valence electrons. The highest BCUT2D eigenvalue weighted by molar-refractivity contribution is 6.30. The van der Waals surface area contributed by atoms with Gasteiger partial charge in [-0.3, -0.25) is 11.3 Å². The van der Waals surface area contributed by atoms with Gasteiger partial charge in [-0.15, -0.1) is 0 Å². The summed E-state index contributed by atoms with van der Waals surface area (Å²) >= 11 is 5.94. The van der Waals surface area contributed by atoms with Crippen LogP contribution in [0.15, 0.2) is 24.3 Å². The first kappa shape index (κ1) is 14.6. The summed E-state index contributed by atoms with van der Waals surface area (Å²) in [5.41, 5.74) is 2.93. The van der Waals surface area contributed by atoms with Crippen LogP contribution >= 0.6 is 11.6 Å². The average molecular weight is 283 g/mol. The number of hydrazine groups is 1. The van der Waals surface area contributed by atoms with Crippen LogP contribution in [0.5, 0.6) is 5.75 Å². The van der Waals surface area contributed by atoms with Gasteiger partial charge in [-0.2, -0.15) is 0 Å². The van der Waals surface area contributed by atoms with Crippen molar-refractivity contribution in [3.05, 3.63) is 29.3 Å². The first-order chi connectivity index (χ1) is 9.29. The van der Waals surface area contributed by atoms with Crippen LogP contribution in [0.4, 0.5) is 0 Å². The fraction of sp³-hybridized carbons (Fsp3) is 0.600. The van der Waals surface area contributed by atoms with Gasteiger partial charge >= 0.3 is 0 Å². The minimum Gasteiger partial charge on any atom is -0.492 e. The molecule has 1 aliphatic carbocycles. The monoisotopic (exact) mass is 282 g/mol. The van der Waals surface area contributed by atoms with Crippen molar-refractivity contribution in [3.8, 4) is 5.75 Å². The number of ether oxygens (including phenoxy) is 1. The molecule has 4 heteroatoms. The average Bonchev–Trinajstić information content (AvgIpc) is 2.69. The van der Waals surface area contributed by atoms with E-state index in [1.165, 1.54) is 38.5 Å². The second kappa shape index (κ2) is 7.73. The Labute approximate surface area is 120 Å². The Kier molecular flexibility index (Phi) is 5.95. The topological polar surface area (TPSA) is 47.3 Å². The van der Waals surface area contributed by atoms with Crippen LogP contribution in [-0.2, 0) is 0 Å². The molecule has 0 spiro atoms. The van der Waals surface area contributed by atoms with Gasteiger partial charge in [-0.05, 0) is 37.0 Å². The number of hydrogen-bond acceptors (Lipinski definition) is 3. The van der Waals surface area contributed by atoms with E-state index in [0.717, 1.165) is 5.75 Å². The standard InChI is InChI=1S/C15H23ClN2O/c16-13-8-5-9-14(10-13)19-11-15(18-17)12-6-3-1-2-4-7-12/h5,8-10,12,15,18H,1-4,6-7,11,17H2. The minimum atomic E-state index is 0.220. The van der Waals surface area contributed by atoms with E-state index in [-0.39, 0.29) is 6.04 Å². The Morgan fingerprint density at radius 3 is 2.63 bits per heavy atom. The number of rotatable bonds is 5. The lowest BCUT2D eigenvalue weighted by molar-refractivity contribution is 0.205. The molecule has 0 amide bonds. The Morgan fingerprint density at radius 1 is 1.26 bits per heavy atom. The summed E-state index contributed by atoms with van der Waals surface area (Å²) in [4.78, 5) is 0. The smallest absolute Gasteiger partial charge is 0.120 e. The van der Waals surface area contributed by atoms with E-state index in [9.17, 15) is 0 Å². The molecule has 1 aliphatic rings. The maximum absolute atomic E-state index is 5.94. The van der Waals surface area contributed by atoms with Gasteiger partial charge in [0.1, 0.15) is 12.4 Å². The van der Waals surface area contributed by atoms with Crippen molar-refractivity contribution in [2.75, 3.05) is 6.61 Å². The van der Waals surface area contributed by atoms with Gasteiger partial charge in [0, 0.05) is 5.02 Å². The lowest BCUT2D eigenvalue weighted by Crippen LogP contribution is -2.44. The highest BCUT2D eigenvalue weighted by atomic mass is 35.5. The molecule has 0 saturated heterocycles. The van der Waals surface area contributed by atoms with Gasteiger partial charge in [0.25, 0.3) is 0 Å². The molecular formula is C15H23ClN2O. The summed E-state index contributed by atoms with van der Waals surface area (Å²) < 4.78 is 5.81. The Bertz CT molecular complexity index is 378. The van der Waals surface area contributed by atoms with Crippen LogP contribution < -0.4 is 16.0 Å². The molecule has 1 aromatic carbocycles. The molecule has 1 atom stereocenters. The van der Waals surface area contributed by atoms with E-state index >= 15 is 0 Å². The van der Waals surface area contributed by atoms with Crippen molar-refractivity contribution in [1.82, 2.24) is 5.43 Å². The number of nitrogens with two attached hydrogens (primary N) is 1. The van der Waals surface area contributed by atoms with Crippen molar-refractivity contribution >= 4 is 11.6 Å². The fourth-order valence-corrected chi connectivity index (χ4v) is 2.96. The highest BCUT2D eigenvalue weighted by Crippen LogP contribution is 2.26. The van der Waals surface area contributed by atoms with E-state index in [4.69, 9.17) is 22.2 Å². The molecule has 0 bridgehead atoms. The SMILES string of the molecule is NNC(COc1cccc(Cl)c1)C1CCCCCC1. The third kappa shape index (κ3) is 4.68. The maximum atomic E-state index is 5.94. The molecule has 0 radical (unpaired) electrons. The predicted octanol–water partition coefficient (Wildman–Crippen LogP) is 3.52. The number of halogens is 1. The van der Waals surface area contributed by atoms with E-state index in [2.05, 4.69) is 5.43 Å². The summed E-state index contributed by atoms with van der Waals surface area (Å²) in [5, 5.41) is 0.698. The quantitative estimate of drug-likeness (QED) is 0.493. The zero-order valence-corrected chi connectivity index (χ0v) is 12.0. The van der Waals surface area contributed by atoms with Gasteiger partial charge in [-0.25, -0.2) is 0 Å². The summed E-state index contributed by atoms with van der Waals surface area (Å²) in [6.45, 7) is 0.599. The lowest BCUT2D eigenvalue weighted by Gasteiger charge is -2.25. The predicted molar refractivity (Wildman–Crippen MR) is 79.3 cm³/mol. The third-order valence-corrected chi connectivity index (χ3v) is 4.14. The van der Waals surface area contributed by atoms with E-state index in [1.54, 1.807) is 0 Å². The zero-order chi connectivity index (χ0) is 13.5. The van der Waals surface area contributed by atoms with E-state index in [1.807, 2.05) is 24.3 Å². The van der Waals surface area contributed by atoms with Gasteiger partial charge in [0.15, 0.2) is 0 Å². The van der Waals surface area contributed by atoms with E-state index < -0.39 is 0 Å². The number of nitrogens with one attached hydrogen (secondary N) is 1. The summed E-state index contributed by atoms with van der Waals surface area (Å²) in [7, 11) is 0. The number of benzene rings is 1. The maximum Gasteiger partial charge on any atom is 0.120 e. The largest absolute Gasteiger partial charge is 0.492 e. The van der Waals surface area contributed by atoms with Crippen molar-refractivity contribution in [3.63, 3.8) is 0 Å². The molecule has 2 rings (SSSR count). The van der Waals surface area contributed by atoms with Gasteiger partial charge < -0.3 is 4.74 Å². The van der Waals surface area contributed by atoms with Gasteiger partial charge in [-0.1, -0.05) is 43.4 Å². The van der Waals surface area contributed by atoms with Crippen LogP contribution in [0, 0.1) is 5.92 Å². The molecular weight excluding hydrogens is 260 g/mol. The van der Waals surface area contributed by atoms with Crippen LogP contribution in [0.3, 0.4) is 0 Å². The Morgan fingerprint density at radius 2 is 2.00 bits per heavy atom. The molecule has 0 heterocycles. The van der Waals surface area contributed by atoms with Crippen LogP contribution in [-0.4, -0.2) is 12.6 Å². The zero-order valence-electron chi connectivity index (χ0n) is 11.3. The molecule has 3 nitrogen and oxygen atoms in total.